The molecule has 3 heterocycles. The lowest BCUT2D eigenvalue weighted by molar-refractivity contribution is 0.155. The van der Waals surface area contributed by atoms with Crippen LogP contribution in [0.3, 0.4) is 0 Å². The Labute approximate surface area is 206 Å². The molecule has 1 atom stereocenters. The highest BCUT2D eigenvalue weighted by Crippen LogP contribution is 2.20. The average molecular weight is 463 g/mol. The van der Waals surface area contributed by atoms with Crippen LogP contribution in [0, 0.1) is 0 Å². The first-order chi connectivity index (χ1) is 16.8. The number of likely N-dealkylation sites (tertiary alicyclic amines) is 2. The van der Waals surface area contributed by atoms with E-state index < -0.39 is 0 Å². The summed E-state index contributed by atoms with van der Waals surface area (Å²) in [5.41, 5.74) is 1.37. The van der Waals surface area contributed by atoms with E-state index in [0.717, 1.165) is 45.0 Å². The summed E-state index contributed by atoms with van der Waals surface area (Å²) in [4.78, 5) is 12.2. The van der Waals surface area contributed by atoms with Gasteiger partial charge in [0.15, 0.2) is 0 Å². The SMILES string of the molecule is C=CC1/C=C\C=C/CN(C2CCN(Cc3ccc(OCCCN4CCCCC4)cc3)CC2)C=N1. The van der Waals surface area contributed by atoms with Gasteiger partial charge in [0.1, 0.15) is 5.75 Å². The Balaban J connectivity index is 1.16. The normalized spacial score (nSPS) is 24.7. The highest BCUT2D eigenvalue weighted by molar-refractivity contribution is 5.57. The molecule has 0 N–H and O–H groups in total. The predicted octanol–water partition coefficient (Wildman–Crippen LogP) is 4.92. The Morgan fingerprint density at radius 2 is 1.76 bits per heavy atom. The molecule has 5 heteroatoms. The fourth-order valence-electron chi connectivity index (χ4n) is 5.10. The van der Waals surface area contributed by atoms with Crippen molar-refractivity contribution in [2.75, 3.05) is 45.9 Å². The van der Waals surface area contributed by atoms with E-state index in [1.165, 1.54) is 57.3 Å². The van der Waals surface area contributed by atoms with Crippen molar-refractivity contribution < 1.29 is 4.74 Å². The Hall–Kier alpha value is -2.37. The van der Waals surface area contributed by atoms with Gasteiger partial charge in [-0.3, -0.25) is 9.89 Å². The van der Waals surface area contributed by atoms with Gasteiger partial charge in [0.2, 0.25) is 0 Å². The number of benzene rings is 1. The molecule has 0 amide bonds. The van der Waals surface area contributed by atoms with Gasteiger partial charge in [-0.15, -0.1) is 6.58 Å². The zero-order chi connectivity index (χ0) is 23.4. The van der Waals surface area contributed by atoms with Crippen LogP contribution in [0.2, 0.25) is 0 Å². The third-order valence-electron chi connectivity index (χ3n) is 7.19. The van der Waals surface area contributed by atoms with Gasteiger partial charge in [-0.25, -0.2) is 0 Å². The average Bonchev–Trinajstić information content (AvgIpc) is 3.01. The molecule has 3 aliphatic heterocycles. The first kappa shape index (κ1) is 24.7. The first-order valence-corrected chi connectivity index (χ1v) is 13.2. The number of allylic oxidation sites excluding steroid dienone is 2. The molecule has 3 aliphatic rings. The lowest BCUT2D eigenvalue weighted by Crippen LogP contribution is -2.44. The summed E-state index contributed by atoms with van der Waals surface area (Å²) in [6.45, 7) is 12.6. The number of aliphatic imine (C=N–C) groups is 1. The van der Waals surface area contributed by atoms with Crippen LogP contribution in [0.15, 0.2) is 66.2 Å². The van der Waals surface area contributed by atoms with Gasteiger partial charge in [-0.1, -0.05) is 48.9 Å². The van der Waals surface area contributed by atoms with Crippen LogP contribution in [-0.2, 0) is 6.54 Å². The molecule has 34 heavy (non-hydrogen) atoms. The molecule has 1 unspecified atom stereocenters. The maximum atomic E-state index is 5.99. The van der Waals surface area contributed by atoms with Crippen LogP contribution in [0.4, 0.5) is 0 Å². The molecule has 1 aromatic carbocycles. The lowest BCUT2D eigenvalue weighted by Gasteiger charge is -2.37. The van der Waals surface area contributed by atoms with Crippen LogP contribution in [0.5, 0.6) is 5.75 Å². The molecule has 4 rings (SSSR count). The highest BCUT2D eigenvalue weighted by Gasteiger charge is 2.23. The number of piperidine rings is 2. The highest BCUT2D eigenvalue weighted by atomic mass is 16.5. The molecule has 1 aromatic rings. The van der Waals surface area contributed by atoms with Gasteiger partial charge in [-0.05, 0) is 62.9 Å². The van der Waals surface area contributed by atoms with Crippen LogP contribution >= 0.6 is 0 Å². The Kier molecular flexibility index (Phi) is 9.83. The summed E-state index contributed by atoms with van der Waals surface area (Å²) in [5.74, 6) is 0.994. The molecule has 5 nitrogen and oxygen atoms in total. The van der Waals surface area contributed by atoms with Crippen molar-refractivity contribution >= 4 is 6.34 Å². The maximum absolute atomic E-state index is 5.99. The van der Waals surface area contributed by atoms with Crippen molar-refractivity contribution in [1.29, 1.82) is 0 Å². The quantitative estimate of drug-likeness (QED) is 0.385. The van der Waals surface area contributed by atoms with Gasteiger partial charge < -0.3 is 14.5 Å². The first-order valence-electron chi connectivity index (χ1n) is 13.2. The van der Waals surface area contributed by atoms with Gasteiger partial charge in [0, 0.05) is 38.8 Å². The maximum Gasteiger partial charge on any atom is 0.119 e. The van der Waals surface area contributed by atoms with E-state index in [9.17, 15) is 0 Å². The molecule has 0 aliphatic carbocycles. The van der Waals surface area contributed by atoms with Crippen molar-refractivity contribution in [3.05, 3.63) is 66.8 Å². The lowest BCUT2D eigenvalue weighted by atomic mass is 10.0. The van der Waals surface area contributed by atoms with Crippen molar-refractivity contribution in [3.63, 3.8) is 0 Å². The minimum Gasteiger partial charge on any atom is -0.494 e. The molecule has 2 saturated heterocycles. The van der Waals surface area contributed by atoms with Crippen molar-refractivity contribution in [3.8, 4) is 5.75 Å². The summed E-state index contributed by atoms with van der Waals surface area (Å²) < 4.78 is 5.99. The van der Waals surface area contributed by atoms with E-state index in [1.807, 2.05) is 12.4 Å². The Bertz CT molecular complexity index is 817. The number of hydrogen-bond acceptors (Lipinski definition) is 5. The summed E-state index contributed by atoms with van der Waals surface area (Å²) in [5, 5.41) is 0. The van der Waals surface area contributed by atoms with Crippen molar-refractivity contribution in [2.45, 2.75) is 57.2 Å². The molecule has 2 fully saturated rings. The van der Waals surface area contributed by atoms with Crippen LogP contribution < -0.4 is 4.74 Å². The topological polar surface area (TPSA) is 31.3 Å². The van der Waals surface area contributed by atoms with E-state index >= 15 is 0 Å². The molecule has 184 valence electrons. The fraction of sp³-hybridized carbons (Fsp3) is 0.552. The van der Waals surface area contributed by atoms with Crippen molar-refractivity contribution in [1.82, 2.24) is 14.7 Å². The molecule has 0 aromatic heterocycles. The minimum atomic E-state index is 0.0620. The molecular weight excluding hydrogens is 420 g/mol. The predicted molar refractivity (Wildman–Crippen MR) is 143 cm³/mol. The van der Waals surface area contributed by atoms with E-state index in [0.29, 0.717) is 6.04 Å². The Morgan fingerprint density at radius 1 is 0.971 bits per heavy atom. The number of hydrogen-bond donors (Lipinski definition) is 0. The smallest absolute Gasteiger partial charge is 0.119 e. The minimum absolute atomic E-state index is 0.0620. The summed E-state index contributed by atoms with van der Waals surface area (Å²) in [7, 11) is 0. The molecular formula is C29H42N4O. The van der Waals surface area contributed by atoms with Gasteiger partial charge in [-0.2, -0.15) is 0 Å². The molecule has 0 saturated carbocycles. The third-order valence-corrected chi connectivity index (χ3v) is 7.19. The fourth-order valence-corrected chi connectivity index (χ4v) is 5.10. The summed E-state index contributed by atoms with van der Waals surface area (Å²) in [6.07, 6.45) is 20.0. The van der Waals surface area contributed by atoms with Gasteiger partial charge >= 0.3 is 0 Å². The zero-order valence-corrected chi connectivity index (χ0v) is 20.7. The van der Waals surface area contributed by atoms with E-state index in [4.69, 9.17) is 9.73 Å². The standard InChI is InChI=1S/C29H42N4O/c1-2-27-10-5-3-8-20-33(25-30-27)28-15-21-32(22-16-28)24-26-11-13-29(14-12-26)34-23-9-19-31-17-6-4-7-18-31/h2-3,5,8,10-14,25,27-28H,1,4,6-7,9,15-24H2/b8-3-,10-5-,30-25?. The Morgan fingerprint density at radius 3 is 2.53 bits per heavy atom. The van der Waals surface area contributed by atoms with Crippen molar-refractivity contribution in [2.24, 2.45) is 4.99 Å². The summed E-state index contributed by atoms with van der Waals surface area (Å²) in [6, 6.07) is 9.35. The van der Waals surface area contributed by atoms with Gasteiger partial charge in [0.25, 0.3) is 0 Å². The third kappa shape index (κ3) is 7.85. The zero-order valence-electron chi connectivity index (χ0n) is 20.7. The molecule has 0 spiro atoms. The number of rotatable bonds is 9. The second-order valence-corrected chi connectivity index (χ2v) is 9.76. The van der Waals surface area contributed by atoms with Crippen LogP contribution in [-0.4, -0.2) is 79.0 Å². The monoisotopic (exact) mass is 462 g/mol. The van der Waals surface area contributed by atoms with Crippen LogP contribution in [0.1, 0.15) is 44.1 Å². The molecule has 0 radical (unpaired) electrons. The molecule has 0 bridgehead atoms. The second kappa shape index (κ2) is 13.5. The van der Waals surface area contributed by atoms with E-state index in [2.05, 4.69) is 69.8 Å². The number of ether oxygens (including phenoxy) is 1. The summed E-state index contributed by atoms with van der Waals surface area (Å²) >= 11 is 0. The second-order valence-electron chi connectivity index (χ2n) is 9.76. The van der Waals surface area contributed by atoms with Gasteiger partial charge in [0.05, 0.1) is 19.0 Å². The van der Waals surface area contributed by atoms with E-state index in [-0.39, 0.29) is 6.04 Å². The largest absolute Gasteiger partial charge is 0.494 e. The van der Waals surface area contributed by atoms with E-state index in [1.54, 1.807) is 0 Å². The van der Waals surface area contributed by atoms with Crippen LogP contribution in [0.25, 0.3) is 0 Å². The number of nitrogens with zero attached hydrogens (tertiary/aromatic N) is 4.